The summed E-state index contributed by atoms with van der Waals surface area (Å²) in [7, 11) is 2.10. The van der Waals surface area contributed by atoms with Crippen LogP contribution >= 0.6 is 0 Å². The molecule has 0 aliphatic rings. The van der Waals surface area contributed by atoms with Crippen LogP contribution in [0.3, 0.4) is 0 Å². The lowest BCUT2D eigenvalue weighted by atomic mass is 10.2. The summed E-state index contributed by atoms with van der Waals surface area (Å²) in [6, 6.07) is 14.0. The van der Waals surface area contributed by atoms with Crippen molar-refractivity contribution in [3.63, 3.8) is 0 Å². The highest BCUT2D eigenvalue weighted by Crippen LogP contribution is 2.37. The largest absolute Gasteiger partial charge is 0.470 e. The molecule has 0 unspecified atom stereocenters. The number of pyridine rings is 1. The minimum atomic E-state index is -1.82. The number of anilines is 1. The number of ether oxygens (including phenoxy) is 1. The van der Waals surface area contributed by atoms with Crippen LogP contribution < -0.4 is 9.64 Å². The van der Waals surface area contributed by atoms with E-state index < -0.39 is 8.32 Å². The molecule has 2 heterocycles. The van der Waals surface area contributed by atoms with Crippen molar-refractivity contribution in [1.82, 2.24) is 15.2 Å². The molecule has 0 aliphatic carbocycles. The van der Waals surface area contributed by atoms with E-state index in [2.05, 4.69) is 44.1 Å². The highest BCUT2D eigenvalue weighted by Gasteiger charge is 2.37. The topological polar surface area (TPSA) is 60.4 Å². The van der Waals surface area contributed by atoms with Crippen LogP contribution in [0.1, 0.15) is 32.2 Å². The number of benzene rings is 1. The summed E-state index contributed by atoms with van der Waals surface area (Å²) in [6.45, 7) is 12.1. The van der Waals surface area contributed by atoms with Crippen molar-refractivity contribution in [3.8, 4) is 5.88 Å². The Kier molecular flexibility index (Phi) is 6.43. The summed E-state index contributed by atoms with van der Waals surface area (Å²) in [6.07, 6.45) is 0. The van der Waals surface area contributed by atoms with Gasteiger partial charge >= 0.3 is 0 Å². The first-order chi connectivity index (χ1) is 14.1. The van der Waals surface area contributed by atoms with Gasteiger partial charge in [0, 0.05) is 24.9 Å². The molecule has 0 fully saturated rings. The van der Waals surface area contributed by atoms with E-state index in [-0.39, 0.29) is 5.04 Å². The Hall–Kier alpha value is -2.51. The molecule has 0 bridgehead atoms. The van der Waals surface area contributed by atoms with Crippen LogP contribution in [0.25, 0.3) is 10.8 Å². The second-order valence-electron chi connectivity index (χ2n) is 9.23. The van der Waals surface area contributed by atoms with E-state index in [9.17, 15) is 0 Å². The van der Waals surface area contributed by atoms with Gasteiger partial charge in [0.1, 0.15) is 6.61 Å². The van der Waals surface area contributed by atoms with Crippen LogP contribution in [0.5, 0.6) is 5.88 Å². The first kappa shape index (κ1) is 22.2. The predicted octanol–water partition coefficient (Wildman–Crippen LogP) is 5.19. The maximum absolute atomic E-state index is 6.30. The van der Waals surface area contributed by atoms with Gasteiger partial charge in [-0.1, -0.05) is 45.0 Å². The van der Waals surface area contributed by atoms with E-state index in [0.29, 0.717) is 19.1 Å². The second kappa shape index (κ2) is 8.69. The Morgan fingerprint density at radius 1 is 0.867 bits per heavy atom. The molecule has 30 heavy (non-hydrogen) atoms. The normalized spacial score (nSPS) is 12.2. The highest BCUT2D eigenvalue weighted by atomic mass is 28.4. The van der Waals surface area contributed by atoms with Gasteiger partial charge in [-0.3, -0.25) is 4.98 Å². The van der Waals surface area contributed by atoms with E-state index in [1.165, 1.54) is 0 Å². The average Bonchev–Trinajstić information content (AvgIpc) is 2.70. The van der Waals surface area contributed by atoms with E-state index >= 15 is 0 Å². The van der Waals surface area contributed by atoms with Crippen molar-refractivity contribution in [1.29, 1.82) is 0 Å². The zero-order chi connectivity index (χ0) is 21.9. The number of fused-ring (bicyclic) bond motifs is 1. The number of hydrogen-bond acceptors (Lipinski definition) is 6. The van der Waals surface area contributed by atoms with Crippen LogP contribution in [-0.4, -0.2) is 37.6 Å². The minimum absolute atomic E-state index is 0.173. The van der Waals surface area contributed by atoms with Crippen molar-refractivity contribution in [3.05, 3.63) is 53.9 Å². The lowest BCUT2D eigenvalue weighted by molar-refractivity contribution is 0.267. The van der Waals surface area contributed by atoms with E-state index in [1.54, 1.807) is 0 Å². The molecule has 0 saturated heterocycles. The molecule has 0 atom stereocenters. The smallest absolute Gasteiger partial charge is 0.241 e. The lowest BCUT2D eigenvalue weighted by Gasteiger charge is -2.36. The highest BCUT2D eigenvalue weighted by molar-refractivity contribution is 6.74. The minimum Gasteiger partial charge on any atom is -0.470 e. The Labute approximate surface area is 180 Å². The number of hydrogen-bond donors (Lipinski definition) is 0. The summed E-state index contributed by atoms with van der Waals surface area (Å²) in [5.41, 5.74) is 1.76. The fraction of sp³-hybridized carbons (Fsp3) is 0.435. The Bertz CT molecular complexity index is 1020. The Balaban J connectivity index is 1.73. The van der Waals surface area contributed by atoms with Gasteiger partial charge in [-0.05, 0) is 36.3 Å². The molecule has 0 spiro atoms. The molecule has 3 rings (SSSR count). The number of aromatic nitrogens is 3. The average molecular weight is 425 g/mol. The Morgan fingerprint density at radius 3 is 2.13 bits per heavy atom. The van der Waals surface area contributed by atoms with Crippen LogP contribution in [0.2, 0.25) is 18.1 Å². The molecule has 3 aromatic rings. The lowest BCUT2D eigenvalue weighted by Crippen LogP contribution is -2.40. The number of rotatable bonds is 7. The first-order valence-electron chi connectivity index (χ1n) is 10.2. The summed E-state index contributed by atoms with van der Waals surface area (Å²) in [5, 5.41) is 10.8. The quantitative estimate of drug-likeness (QED) is 0.486. The zero-order valence-electron chi connectivity index (χ0n) is 19.1. The van der Waals surface area contributed by atoms with Gasteiger partial charge in [-0.15, -0.1) is 10.2 Å². The standard InChI is InChI=1S/C23H32N4O2Si/c1-23(2,3)30(6,7)29-16-18-12-10-11-17(24-18)15-28-22-20-14-9-8-13-19(20)21(25-26-22)27(4)5/h8-14H,15-16H2,1-7H3. The van der Waals surface area contributed by atoms with Gasteiger partial charge in [0.05, 0.1) is 18.0 Å². The fourth-order valence-electron chi connectivity index (χ4n) is 2.81. The van der Waals surface area contributed by atoms with Gasteiger partial charge in [-0.25, -0.2) is 0 Å². The van der Waals surface area contributed by atoms with Crippen molar-refractivity contribution >= 4 is 24.9 Å². The predicted molar refractivity (Wildman–Crippen MR) is 124 cm³/mol. The zero-order valence-corrected chi connectivity index (χ0v) is 20.1. The van der Waals surface area contributed by atoms with Crippen molar-refractivity contribution in [2.45, 2.75) is 52.1 Å². The number of nitrogens with zero attached hydrogens (tertiary/aromatic N) is 4. The summed E-state index contributed by atoms with van der Waals surface area (Å²) in [4.78, 5) is 6.67. The SMILES string of the molecule is CN(C)c1nnc(OCc2cccc(CO[Si](C)(C)C(C)(C)C)n2)c2ccccc12. The van der Waals surface area contributed by atoms with Gasteiger partial charge in [0.2, 0.25) is 5.88 Å². The molecule has 0 N–H and O–H groups in total. The van der Waals surface area contributed by atoms with Crippen LogP contribution in [-0.2, 0) is 17.6 Å². The molecule has 1 aromatic carbocycles. The fourth-order valence-corrected chi connectivity index (χ4v) is 3.75. The van der Waals surface area contributed by atoms with E-state index in [1.807, 2.05) is 61.5 Å². The first-order valence-corrected chi connectivity index (χ1v) is 13.1. The van der Waals surface area contributed by atoms with Crippen molar-refractivity contribution in [2.24, 2.45) is 0 Å². The Morgan fingerprint density at radius 2 is 1.50 bits per heavy atom. The maximum Gasteiger partial charge on any atom is 0.241 e. The van der Waals surface area contributed by atoms with Gasteiger partial charge < -0.3 is 14.1 Å². The molecular formula is C23H32N4O2Si. The summed E-state index contributed by atoms with van der Waals surface area (Å²) in [5.74, 6) is 1.33. The monoisotopic (exact) mass is 424 g/mol. The summed E-state index contributed by atoms with van der Waals surface area (Å²) < 4.78 is 12.3. The molecule has 0 amide bonds. The molecule has 2 aromatic heterocycles. The molecule has 6 nitrogen and oxygen atoms in total. The van der Waals surface area contributed by atoms with Crippen LogP contribution in [0, 0.1) is 0 Å². The second-order valence-corrected chi connectivity index (χ2v) is 14.0. The molecule has 0 radical (unpaired) electrons. The van der Waals surface area contributed by atoms with Crippen LogP contribution in [0.15, 0.2) is 42.5 Å². The van der Waals surface area contributed by atoms with Gasteiger partial charge in [0.25, 0.3) is 0 Å². The van der Waals surface area contributed by atoms with Gasteiger partial charge in [-0.2, -0.15) is 0 Å². The van der Waals surface area contributed by atoms with E-state index in [4.69, 9.17) is 14.1 Å². The molecule has 0 saturated carbocycles. The summed E-state index contributed by atoms with van der Waals surface area (Å²) >= 11 is 0. The third kappa shape index (κ3) is 4.96. The molecule has 7 heteroatoms. The molecular weight excluding hydrogens is 392 g/mol. The van der Waals surface area contributed by atoms with Crippen LogP contribution in [0.4, 0.5) is 5.82 Å². The van der Waals surface area contributed by atoms with Gasteiger partial charge in [0.15, 0.2) is 14.1 Å². The maximum atomic E-state index is 6.30. The molecule has 160 valence electrons. The van der Waals surface area contributed by atoms with Crippen molar-refractivity contribution in [2.75, 3.05) is 19.0 Å². The van der Waals surface area contributed by atoms with E-state index in [0.717, 1.165) is 28.0 Å². The van der Waals surface area contributed by atoms with Crippen molar-refractivity contribution < 1.29 is 9.16 Å². The third-order valence-electron chi connectivity index (χ3n) is 5.67. The molecule has 0 aliphatic heterocycles. The third-order valence-corrected chi connectivity index (χ3v) is 10.1.